The summed E-state index contributed by atoms with van der Waals surface area (Å²) < 4.78 is 10.5. The van der Waals surface area contributed by atoms with Gasteiger partial charge < -0.3 is 9.15 Å². The standard InChI is InChI=1S/C19H19NO3/c1-19(2,3)14-8-5-12(6-9-14)17-20-15-11-13(18(21)22-4)7-10-16(15)23-17/h5-11H,1-4H3. The SMILES string of the molecule is COC(=O)c1ccc2oc(-c3ccc(C(C)(C)C)cc3)nc2c1. The number of fused-ring (bicyclic) bond motifs is 1. The summed E-state index contributed by atoms with van der Waals surface area (Å²) in [6.07, 6.45) is 0. The number of rotatable bonds is 2. The van der Waals surface area contributed by atoms with Crippen LogP contribution < -0.4 is 0 Å². The fourth-order valence-electron chi connectivity index (χ4n) is 2.41. The van der Waals surface area contributed by atoms with Gasteiger partial charge in [0.25, 0.3) is 0 Å². The summed E-state index contributed by atoms with van der Waals surface area (Å²) in [5.74, 6) is 0.161. The lowest BCUT2D eigenvalue weighted by Gasteiger charge is -2.18. The summed E-state index contributed by atoms with van der Waals surface area (Å²) in [6, 6.07) is 13.3. The van der Waals surface area contributed by atoms with Crippen molar-refractivity contribution in [1.29, 1.82) is 0 Å². The van der Waals surface area contributed by atoms with Crippen LogP contribution in [0.4, 0.5) is 0 Å². The number of oxazole rings is 1. The van der Waals surface area contributed by atoms with Crippen molar-refractivity contribution in [2.24, 2.45) is 0 Å². The van der Waals surface area contributed by atoms with Crippen LogP contribution in [0, 0.1) is 0 Å². The Balaban J connectivity index is 1.98. The molecular weight excluding hydrogens is 290 g/mol. The molecule has 1 heterocycles. The minimum absolute atomic E-state index is 0.106. The van der Waals surface area contributed by atoms with Crippen LogP contribution in [0.3, 0.4) is 0 Å². The van der Waals surface area contributed by atoms with E-state index in [0.717, 1.165) is 5.56 Å². The number of ether oxygens (including phenoxy) is 1. The Bertz CT molecular complexity index is 854. The Labute approximate surface area is 135 Å². The molecule has 2 aromatic carbocycles. The number of carbonyl (C=O) groups excluding carboxylic acids is 1. The van der Waals surface area contributed by atoms with Crippen molar-refractivity contribution >= 4 is 17.1 Å². The molecule has 118 valence electrons. The van der Waals surface area contributed by atoms with Crippen LogP contribution in [-0.2, 0) is 10.2 Å². The summed E-state index contributed by atoms with van der Waals surface area (Å²) in [6.45, 7) is 6.53. The minimum atomic E-state index is -0.383. The molecule has 0 saturated heterocycles. The molecule has 0 N–H and O–H groups in total. The molecular formula is C19H19NO3. The Morgan fingerprint density at radius 1 is 1.09 bits per heavy atom. The van der Waals surface area contributed by atoms with E-state index in [0.29, 0.717) is 22.6 Å². The van der Waals surface area contributed by atoms with Crippen molar-refractivity contribution in [1.82, 2.24) is 4.98 Å². The van der Waals surface area contributed by atoms with Gasteiger partial charge in [0.15, 0.2) is 5.58 Å². The summed E-state index contributed by atoms with van der Waals surface area (Å²) in [4.78, 5) is 16.1. The van der Waals surface area contributed by atoms with Crippen LogP contribution in [0.15, 0.2) is 46.9 Å². The van der Waals surface area contributed by atoms with Gasteiger partial charge in [0, 0.05) is 5.56 Å². The third kappa shape index (κ3) is 2.97. The predicted octanol–water partition coefficient (Wildman–Crippen LogP) is 4.58. The Kier molecular flexibility index (Phi) is 3.68. The summed E-state index contributed by atoms with van der Waals surface area (Å²) >= 11 is 0. The second-order valence-electron chi connectivity index (χ2n) is 6.52. The molecule has 0 radical (unpaired) electrons. The van der Waals surface area contributed by atoms with E-state index in [4.69, 9.17) is 9.15 Å². The fourth-order valence-corrected chi connectivity index (χ4v) is 2.41. The summed E-state index contributed by atoms with van der Waals surface area (Å²) in [7, 11) is 1.36. The summed E-state index contributed by atoms with van der Waals surface area (Å²) in [5.41, 5.74) is 4.02. The van der Waals surface area contributed by atoms with E-state index >= 15 is 0 Å². The van der Waals surface area contributed by atoms with Gasteiger partial charge in [0.1, 0.15) is 5.52 Å². The van der Waals surface area contributed by atoms with E-state index in [1.165, 1.54) is 12.7 Å². The minimum Gasteiger partial charge on any atom is -0.465 e. The van der Waals surface area contributed by atoms with Gasteiger partial charge in [0.05, 0.1) is 12.7 Å². The van der Waals surface area contributed by atoms with E-state index in [1.807, 2.05) is 12.1 Å². The topological polar surface area (TPSA) is 52.3 Å². The maximum absolute atomic E-state index is 11.6. The Hall–Kier alpha value is -2.62. The third-order valence-electron chi connectivity index (χ3n) is 3.81. The molecule has 0 amide bonds. The van der Waals surface area contributed by atoms with Gasteiger partial charge in [-0.1, -0.05) is 32.9 Å². The van der Waals surface area contributed by atoms with Gasteiger partial charge in [-0.05, 0) is 41.3 Å². The normalized spacial score (nSPS) is 11.7. The quantitative estimate of drug-likeness (QED) is 0.650. The monoisotopic (exact) mass is 309 g/mol. The molecule has 3 aromatic rings. The molecule has 0 unspecified atom stereocenters. The molecule has 3 rings (SSSR count). The average Bonchev–Trinajstić information content (AvgIpc) is 2.96. The van der Waals surface area contributed by atoms with Crippen LogP contribution >= 0.6 is 0 Å². The summed E-state index contributed by atoms with van der Waals surface area (Å²) in [5, 5.41) is 0. The molecule has 0 spiro atoms. The van der Waals surface area contributed by atoms with Crippen LogP contribution in [0.1, 0.15) is 36.7 Å². The number of esters is 1. The number of benzene rings is 2. The first kappa shape index (κ1) is 15.3. The largest absolute Gasteiger partial charge is 0.465 e. The lowest BCUT2D eigenvalue weighted by Crippen LogP contribution is -2.10. The highest BCUT2D eigenvalue weighted by Crippen LogP contribution is 2.28. The van der Waals surface area contributed by atoms with Gasteiger partial charge >= 0.3 is 5.97 Å². The number of carbonyl (C=O) groups is 1. The lowest BCUT2D eigenvalue weighted by atomic mass is 9.87. The van der Waals surface area contributed by atoms with Crippen LogP contribution in [0.5, 0.6) is 0 Å². The predicted molar refractivity (Wildman–Crippen MR) is 89.5 cm³/mol. The smallest absolute Gasteiger partial charge is 0.337 e. The Morgan fingerprint density at radius 2 is 1.78 bits per heavy atom. The number of hydrogen-bond donors (Lipinski definition) is 0. The van der Waals surface area contributed by atoms with E-state index in [1.54, 1.807) is 18.2 Å². The van der Waals surface area contributed by atoms with Crippen molar-refractivity contribution in [3.63, 3.8) is 0 Å². The van der Waals surface area contributed by atoms with Crippen molar-refractivity contribution in [3.8, 4) is 11.5 Å². The maximum Gasteiger partial charge on any atom is 0.337 e. The number of hydrogen-bond acceptors (Lipinski definition) is 4. The average molecular weight is 309 g/mol. The van der Waals surface area contributed by atoms with Gasteiger partial charge in [0.2, 0.25) is 5.89 Å². The second kappa shape index (κ2) is 5.54. The molecule has 0 aliphatic rings. The molecule has 4 heteroatoms. The Morgan fingerprint density at radius 3 is 2.39 bits per heavy atom. The van der Waals surface area contributed by atoms with Gasteiger partial charge in [-0.3, -0.25) is 0 Å². The van der Waals surface area contributed by atoms with E-state index in [9.17, 15) is 4.79 Å². The van der Waals surface area contributed by atoms with Crippen molar-refractivity contribution in [2.45, 2.75) is 26.2 Å². The van der Waals surface area contributed by atoms with E-state index in [2.05, 4.69) is 37.9 Å². The van der Waals surface area contributed by atoms with E-state index in [-0.39, 0.29) is 11.4 Å². The fraction of sp³-hybridized carbons (Fsp3) is 0.263. The van der Waals surface area contributed by atoms with Crippen molar-refractivity contribution in [3.05, 3.63) is 53.6 Å². The molecule has 4 nitrogen and oxygen atoms in total. The highest BCUT2D eigenvalue weighted by molar-refractivity contribution is 5.93. The number of aromatic nitrogens is 1. The van der Waals surface area contributed by atoms with Crippen LogP contribution in [0.25, 0.3) is 22.6 Å². The molecule has 0 bridgehead atoms. The van der Waals surface area contributed by atoms with Gasteiger partial charge in [-0.25, -0.2) is 9.78 Å². The number of methoxy groups -OCH3 is 1. The highest BCUT2D eigenvalue weighted by atomic mass is 16.5. The second-order valence-corrected chi connectivity index (χ2v) is 6.52. The van der Waals surface area contributed by atoms with Crippen molar-refractivity contribution < 1.29 is 13.9 Å². The van der Waals surface area contributed by atoms with Crippen molar-refractivity contribution in [2.75, 3.05) is 7.11 Å². The first-order valence-corrected chi connectivity index (χ1v) is 7.48. The third-order valence-corrected chi connectivity index (χ3v) is 3.81. The van der Waals surface area contributed by atoms with Gasteiger partial charge in [-0.15, -0.1) is 0 Å². The zero-order valence-electron chi connectivity index (χ0n) is 13.7. The first-order chi connectivity index (χ1) is 10.9. The highest BCUT2D eigenvalue weighted by Gasteiger charge is 2.15. The molecule has 1 aromatic heterocycles. The first-order valence-electron chi connectivity index (χ1n) is 7.48. The maximum atomic E-state index is 11.6. The molecule has 0 aliphatic carbocycles. The zero-order chi connectivity index (χ0) is 16.6. The zero-order valence-corrected chi connectivity index (χ0v) is 13.7. The van der Waals surface area contributed by atoms with Gasteiger partial charge in [-0.2, -0.15) is 0 Å². The molecule has 23 heavy (non-hydrogen) atoms. The molecule has 0 saturated carbocycles. The molecule has 0 atom stereocenters. The molecule has 0 fully saturated rings. The molecule has 0 aliphatic heterocycles. The van der Waals surface area contributed by atoms with Crippen LogP contribution in [0.2, 0.25) is 0 Å². The van der Waals surface area contributed by atoms with E-state index < -0.39 is 0 Å². The number of nitrogens with zero attached hydrogens (tertiary/aromatic N) is 1. The lowest BCUT2D eigenvalue weighted by molar-refractivity contribution is 0.0601. The van der Waals surface area contributed by atoms with Crippen LogP contribution in [-0.4, -0.2) is 18.1 Å².